The molecule has 1 heterocycles. The van der Waals surface area contributed by atoms with E-state index in [9.17, 15) is 9.59 Å². The molecule has 5 heteroatoms. The van der Waals surface area contributed by atoms with Gasteiger partial charge >= 0.3 is 6.09 Å². The normalized spacial score (nSPS) is 24.4. The van der Waals surface area contributed by atoms with Gasteiger partial charge in [0.15, 0.2) is 0 Å². The van der Waals surface area contributed by atoms with Crippen LogP contribution in [0, 0.1) is 11.8 Å². The summed E-state index contributed by atoms with van der Waals surface area (Å²) < 4.78 is 4.56. The number of rotatable bonds is 2. The Hall–Kier alpha value is -1.26. The van der Waals surface area contributed by atoms with Crippen molar-refractivity contribution < 1.29 is 14.3 Å². The summed E-state index contributed by atoms with van der Waals surface area (Å²) in [5.41, 5.74) is 0. The minimum atomic E-state index is -0.476. The van der Waals surface area contributed by atoms with E-state index in [1.165, 1.54) is 12.0 Å². The number of likely N-dealkylation sites (N-methyl/N-ethyl adjacent to an activating group) is 1. The highest BCUT2D eigenvalue weighted by Crippen LogP contribution is 2.20. The van der Waals surface area contributed by atoms with Crippen LogP contribution < -0.4 is 0 Å². The topological polar surface area (TPSA) is 49.9 Å². The predicted molar refractivity (Wildman–Crippen MR) is 64.6 cm³/mol. The van der Waals surface area contributed by atoms with Gasteiger partial charge in [-0.05, 0) is 18.3 Å². The molecular formula is C12H22N2O3. The number of piperidine rings is 1. The Balaban J connectivity index is 2.49. The average Bonchev–Trinajstić information content (AvgIpc) is 2.26. The van der Waals surface area contributed by atoms with E-state index in [0.29, 0.717) is 11.8 Å². The minimum Gasteiger partial charge on any atom is -0.453 e. The zero-order valence-corrected chi connectivity index (χ0v) is 11.1. The van der Waals surface area contributed by atoms with Crippen molar-refractivity contribution in [1.82, 2.24) is 9.80 Å². The second kappa shape index (κ2) is 5.89. The van der Waals surface area contributed by atoms with Gasteiger partial charge < -0.3 is 14.5 Å². The van der Waals surface area contributed by atoms with E-state index in [1.807, 2.05) is 4.90 Å². The van der Waals surface area contributed by atoms with Crippen LogP contribution in [0.4, 0.5) is 4.79 Å². The van der Waals surface area contributed by atoms with Crippen molar-refractivity contribution in [3.63, 3.8) is 0 Å². The lowest BCUT2D eigenvalue weighted by Gasteiger charge is -2.35. The van der Waals surface area contributed by atoms with Crippen LogP contribution in [0.3, 0.4) is 0 Å². The van der Waals surface area contributed by atoms with Crippen LogP contribution >= 0.6 is 0 Å². The van der Waals surface area contributed by atoms with Gasteiger partial charge in [0, 0.05) is 20.1 Å². The molecule has 2 unspecified atom stereocenters. The monoisotopic (exact) mass is 242 g/mol. The van der Waals surface area contributed by atoms with Crippen molar-refractivity contribution >= 4 is 12.0 Å². The molecule has 2 atom stereocenters. The maximum atomic E-state index is 12.0. The first kappa shape index (κ1) is 13.8. The maximum absolute atomic E-state index is 12.0. The Bertz CT molecular complexity index is 283. The van der Waals surface area contributed by atoms with Crippen LogP contribution in [0.2, 0.25) is 0 Å². The van der Waals surface area contributed by atoms with Gasteiger partial charge in [0.2, 0.25) is 5.91 Å². The van der Waals surface area contributed by atoms with Gasteiger partial charge in [0.05, 0.1) is 7.11 Å². The summed E-state index contributed by atoms with van der Waals surface area (Å²) in [6.07, 6.45) is 0.688. The van der Waals surface area contributed by atoms with Gasteiger partial charge in [-0.1, -0.05) is 13.8 Å². The molecule has 0 aromatic carbocycles. The lowest BCUT2D eigenvalue weighted by molar-refractivity contribution is -0.134. The molecule has 1 rings (SSSR count). The van der Waals surface area contributed by atoms with Crippen LogP contribution in [0.15, 0.2) is 0 Å². The Morgan fingerprint density at radius 3 is 2.29 bits per heavy atom. The number of hydrogen-bond donors (Lipinski definition) is 0. The number of likely N-dealkylation sites (tertiary alicyclic amines) is 1. The van der Waals surface area contributed by atoms with E-state index < -0.39 is 6.09 Å². The van der Waals surface area contributed by atoms with Crippen LogP contribution in [-0.4, -0.2) is 55.6 Å². The Morgan fingerprint density at radius 1 is 1.29 bits per heavy atom. The number of carbonyl (C=O) groups excluding carboxylic acids is 2. The molecule has 1 aliphatic heterocycles. The highest BCUT2D eigenvalue weighted by atomic mass is 16.5. The molecule has 0 aromatic heterocycles. The highest BCUT2D eigenvalue weighted by molar-refractivity contribution is 5.82. The average molecular weight is 242 g/mol. The summed E-state index contributed by atoms with van der Waals surface area (Å²) in [5.74, 6) is 1.06. The van der Waals surface area contributed by atoms with Gasteiger partial charge in [0.1, 0.15) is 6.54 Å². The van der Waals surface area contributed by atoms with Gasteiger partial charge in [-0.25, -0.2) is 4.79 Å². The standard InChI is InChI=1S/C12H22N2O3/c1-9-5-10(2)7-14(6-9)11(15)8-13(3)12(16)17-4/h9-10H,5-8H2,1-4H3. The molecule has 1 aliphatic rings. The molecule has 0 radical (unpaired) electrons. The minimum absolute atomic E-state index is 0.00343. The first-order valence-electron chi connectivity index (χ1n) is 6.00. The fourth-order valence-corrected chi connectivity index (χ4v) is 2.39. The Labute approximate surface area is 103 Å². The number of nitrogens with zero attached hydrogens (tertiary/aromatic N) is 2. The molecule has 1 saturated heterocycles. The number of methoxy groups -OCH3 is 1. The van der Waals surface area contributed by atoms with E-state index in [4.69, 9.17) is 0 Å². The van der Waals surface area contributed by atoms with Crippen LogP contribution in [0.25, 0.3) is 0 Å². The third-order valence-corrected chi connectivity index (χ3v) is 3.08. The molecule has 0 aliphatic carbocycles. The number of hydrogen-bond acceptors (Lipinski definition) is 3. The molecule has 1 fully saturated rings. The van der Waals surface area contributed by atoms with Crippen molar-refractivity contribution in [2.75, 3.05) is 33.8 Å². The van der Waals surface area contributed by atoms with Gasteiger partial charge in [-0.3, -0.25) is 4.79 Å². The maximum Gasteiger partial charge on any atom is 0.409 e. The van der Waals surface area contributed by atoms with E-state index >= 15 is 0 Å². The van der Waals surface area contributed by atoms with Crippen LogP contribution in [0.5, 0.6) is 0 Å². The van der Waals surface area contributed by atoms with Crippen molar-refractivity contribution in [3.05, 3.63) is 0 Å². The van der Waals surface area contributed by atoms with E-state index in [2.05, 4.69) is 18.6 Å². The number of ether oxygens (including phenoxy) is 1. The first-order chi connectivity index (χ1) is 7.93. The summed E-state index contributed by atoms with van der Waals surface area (Å²) in [7, 11) is 2.88. The first-order valence-corrected chi connectivity index (χ1v) is 6.00. The summed E-state index contributed by atoms with van der Waals surface area (Å²) in [6.45, 7) is 5.97. The Kier molecular flexibility index (Phi) is 4.78. The molecule has 0 saturated carbocycles. The van der Waals surface area contributed by atoms with Gasteiger partial charge in [0.25, 0.3) is 0 Å². The zero-order chi connectivity index (χ0) is 13.0. The SMILES string of the molecule is COC(=O)N(C)CC(=O)N1CC(C)CC(C)C1. The van der Waals surface area contributed by atoms with E-state index in [-0.39, 0.29) is 12.5 Å². The second-order valence-electron chi connectivity index (χ2n) is 5.07. The van der Waals surface area contributed by atoms with E-state index in [1.54, 1.807) is 7.05 Å². The molecular weight excluding hydrogens is 220 g/mol. The molecule has 0 N–H and O–H groups in total. The summed E-state index contributed by atoms with van der Waals surface area (Å²) in [5, 5.41) is 0. The number of amides is 2. The molecule has 5 nitrogen and oxygen atoms in total. The molecule has 0 aromatic rings. The smallest absolute Gasteiger partial charge is 0.409 e. The van der Waals surface area contributed by atoms with Gasteiger partial charge in [-0.2, -0.15) is 0 Å². The summed E-state index contributed by atoms with van der Waals surface area (Å²) >= 11 is 0. The quantitative estimate of drug-likeness (QED) is 0.731. The largest absolute Gasteiger partial charge is 0.453 e. The highest BCUT2D eigenvalue weighted by Gasteiger charge is 2.26. The molecule has 17 heavy (non-hydrogen) atoms. The fourth-order valence-electron chi connectivity index (χ4n) is 2.39. The van der Waals surface area contributed by atoms with Crippen LogP contribution in [-0.2, 0) is 9.53 Å². The predicted octanol–water partition coefficient (Wildman–Crippen LogP) is 1.19. The lowest BCUT2D eigenvalue weighted by Crippen LogP contribution is -2.47. The number of carbonyl (C=O) groups is 2. The third-order valence-electron chi connectivity index (χ3n) is 3.08. The second-order valence-corrected chi connectivity index (χ2v) is 5.07. The lowest BCUT2D eigenvalue weighted by atomic mass is 9.92. The van der Waals surface area contributed by atoms with E-state index in [0.717, 1.165) is 19.5 Å². The molecule has 2 amide bonds. The summed E-state index contributed by atoms with van der Waals surface area (Å²) in [6, 6.07) is 0. The van der Waals surface area contributed by atoms with Crippen molar-refractivity contribution in [2.45, 2.75) is 20.3 Å². The van der Waals surface area contributed by atoms with Crippen molar-refractivity contribution in [3.8, 4) is 0 Å². The third kappa shape index (κ3) is 3.91. The van der Waals surface area contributed by atoms with Crippen LogP contribution in [0.1, 0.15) is 20.3 Å². The van der Waals surface area contributed by atoms with Gasteiger partial charge in [-0.15, -0.1) is 0 Å². The Morgan fingerprint density at radius 2 is 1.82 bits per heavy atom. The molecule has 0 spiro atoms. The van der Waals surface area contributed by atoms with Crippen molar-refractivity contribution in [2.24, 2.45) is 11.8 Å². The van der Waals surface area contributed by atoms with Crippen molar-refractivity contribution in [1.29, 1.82) is 0 Å². The molecule has 0 bridgehead atoms. The fraction of sp³-hybridized carbons (Fsp3) is 0.833. The molecule has 98 valence electrons. The summed E-state index contributed by atoms with van der Waals surface area (Å²) in [4.78, 5) is 26.3. The zero-order valence-electron chi connectivity index (χ0n) is 11.1.